The van der Waals surface area contributed by atoms with Crippen molar-refractivity contribution >= 4 is 109 Å². The first-order valence-electron chi connectivity index (χ1n) is 29.6. The summed E-state index contributed by atoms with van der Waals surface area (Å²) in [5, 5.41) is 19.3. The van der Waals surface area contributed by atoms with Crippen LogP contribution in [-0.4, -0.2) is 0 Å². The summed E-state index contributed by atoms with van der Waals surface area (Å²) in [6.07, 6.45) is 0. The molecule has 0 radical (unpaired) electrons. The van der Waals surface area contributed by atoms with Crippen LogP contribution in [0.15, 0.2) is 312 Å². The van der Waals surface area contributed by atoms with E-state index in [-0.39, 0.29) is 0 Å². The first-order chi connectivity index (χ1) is 42.6. The second kappa shape index (κ2) is 19.1. The van der Waals surface area contributed by atoms with Gasteiger partial charge in [0.1, 0.15) is 22.3 Å². The average molecular weight is 1090 g/mol. The third-order valence-corrected chi connectivity index (χ3v) is 18.2. The van der Waals surface area contributed by atoms with Gasteiger partial charge in [0.05, 0.1) is 0 Å². The second-order valence-electron chi connectivity index (χ2n) is 23.0. The number of benzene rings is 16. The minimum absolute atomic E-state index is 0.877. The van der Waals surface area contributed by atoms with Crippen molar-refractivity contribution in [3.8, 4) is 77.9 Å². The van der Waals surface area contributed by atoms with Crippen LogP contribution in [-0.2, 0) is 0 Å². The maximum atomic E-state index is 6.81. The fourth-order valence-corrected chi connectivity index (χ4v) is 14.2. The summed E-state index contributed by atoms with van der Waals surface area (Å²) in [6, 6.07) is 111. The normalized spacial score (nSPS) is 12.0. The fourth-order valence-electron chi connectivity index (χ4n) is 14.2. The molecule has 86 heavy (non-hydrogen) atoms. The fraction of sp³-hybridized carbons (Fsp3) is 0. The highest BCUT2D eigenvalue weighted by Gasteiger charge is 2.21. The molecule has 0 saturated heterocycles. The van der Waals surface area contributed by atoms with Crippen LogP contribution in [0.25, 0.3) is 186 Å². The van der Waals surface area contributed by atoms with Gasteiger partial charge in [0.15, 0.2) is 0 Å². The van der Waals surface area contributed by atoms with Gasteiger partial charge in [0.2, 0.25) is 0 Å². The number of furan rings is 2. The lowest BCUT2D eigenvalue weighted by molar-refractivity contribution is 0.669. The standard InChI is InChI=1S/C84H50O2/c1-2-16-54-46-62(39-33-51(54)15-1)82-68-22-5-3-20-66(68)80(67-21-4-6-23-69(67)82)53-34-31-52(32-35-53)58-41-44-79-76(49-58)74-29-14-28-64(84(74)86-79)60-38-36-57-48-63(40-37-56(57)45-60)83-72-26-9-7-24-70(72)81(71-25-8-10-27-73(71)83)61-18-13-17-55(47-61)59-42-43-78-75(50-59)65-19-11-12-30-77(65)85-78/h1-50H. The Bertz CT molecular complexity index is 5720. The molecule has 0 fully saturated rings. The van der Waals surface area contributed by atoms with Gasteiger partial charge >= 0.3 is 0 Å². The zero-order valence-corrected chi connectivity index (χ0v) is 46.7. The molecule has 2 heteroatoms. The van der Waals surface area contributed by atoms with Gasteiger partial charge < -0.3 is 8.83 Å². The van der Waals surface area contributed by atoms with Crippen molar-refractivity contribution < 1.29 is 8.83 Å². The molecule has 0 N–H and O–H groups in total. The minimum Gasteiger partial charge on any atom is -0.456 e. The summed E-state index contributed by atoms with van der Waals surface area (Å²) in [7, 11) is 0. The zero-order chi connectivity index (χ0) is 56.4. The third kappa shape index (κ3) is 7.60. The average Bonchev–Trinajstić information content (AvgIpc) is 1.25. The Morgan fingerprint density at radius 2 is 0.512 bits per heavy atom. The van der Waals surface area contributed by atoms with Gasteiger partial charge in [-0.3, -0.25) is 0 Å². The van der Waals surface area contributed by atoms with Crippen molar-refractivity contribution in [3.63, 3.8) is 0 Å². The van der Waals surface area contributed by atoms with Crippen LogP contribution in [0.1, 0.15) is 0 Å². The topological polar surface area (TPSA) is 26.3 Å². The van der Waals surface area contributed by atoms with Crippen LogP contribution < -0.4 is 0 Å². The van der Waals surface area contributed by atoms with Crippen molar-refractivity contribution in [2.45, 2.75) is 0 Å². The third-order valence-electron chi connectivity index (χ3n) is 18.2. The molecule has 16 aromatic carbocycles. The molecular formula is C84H50O2. The van der Waals surface area contributed by atoms with Crippen LogP contribution in [0.3, 0.4) is 0 Å². The van der Waals surface area contributed by atoms with Gasteiger partial charge in [-0.25, -0.2) is 0 Å². The summed E-state index contributed by atoms with van der Waals surface area (Å²) in [5.74, 6) is 0. The second-order valence-corrected chi connectivity index (χ2v) is 23.0. The van der Waals surface area contributed by atoms with Gasteiger partial charge in [-0.15, -0.1) is 0 Å². The molecule has 2 heterocycles. The van der Waals surface area contributed by atoms with E-state index < -0.39 is 0 Å². The minimum atomic E-state index is 0.877. The molecule has 0 amide bonds. The number of hydrogen-bond donors (Lipinski definition) is 0. The Hall–Kier alpha value is -11.3. The van der Waals surface area contributed by atoms with Crippen molar-refractivity contribution in [3.05, 3.63) is 303 Å². The molecule has 0 spiro atoms. The predicted octanol–water partition coefficient (Wildman–Crippen LogP) is 24.1. The predicted molar refractivity (Wildman–Crippen MR) is 364 cm³/mol. The van der Waals surface area contributed by atoms with E-state index in [1.807, 2.05) is 12.1 Å². The van der Waals surface area contributed by atoms with Crippen LogP contribution in [0.2, 0.25) is 0 Å². The van der Waals surface area contributed by atoms with E-state index in [1.54, 1.807) is 0 Å². The monoisotopic (exact) mass is 1090 g/mol. The molecule has 0 aliphatic carbocycles. The van der Waals surface area contributed by atoms with E-state index in [0.717, 1.165) is 71.7 Å². The van der Waals surface area contributed by atoms with Gasteiger partial charge in [-0.1, -0.05) is 249 Å². The van der Waals surface area contributed by atoms with E-state index >= 15 is 0 Å². The molecule has 0 aliphatic rings. The maximum absolute atomic E-state index is 6.81. The summed E-state index contributed by atoms with van der Waals surface area (Å²) >= 11 is 0. The SMILES string of the molecule is c1cc(-c2ccc3oc4ccccc4c3c2)cc(-c2c3ccccc3c(-c3ccc4cc(-c5cccc6c5oc5ccc(-c7ccc(-c8c9ccccc9c(-c9ccc%10ccccc%10c9)c9ccccc89)cc7)cc56)ccc4c3)c3ccccc23)c1. The van der Waals surface area contributed by atoms with Crippen LogP contribution in [0.4, 0.5) is 0 Å². The number of fused-ring (bicyclic) bond motifs is 12. The Balaban J connectivity index is 0.677. The van der Waals surface area contributed by atoms with Crippen LogP contribution in [0, 0.1) is 0 Å². The smallest absolute Gasteiger partial charge is 0.143 e. The maximum Gasteiger partial charge on any atom is 0.143 e. The zero-order valence-electron chi connectivity index (χ0n) is 46.7. The Morgan fingerprint density at radius 3 is 1.10 bits per heavy atom. The molecule has 2 aromatic heterocycles. The van der Waals surface area contributed by atoms with Crippen molar-refractivity contribution in [2.24, 2.45) is 0 Å². The highest BCUT2D eigenvalue weighted by Crippen LogP contribution is 2.48. The lowest BCUT2D eigenvalue weighted by atomic mass is 9.85. The molecule has 18 aromatic rings. The molecule has 0 atom stereocenters. The molecule has 18 rings (SSSR count). The molecule has 398 valence electrons. The summed E-state index contributed by atoms with van der Waals surface area (Å²) in [4.78, 5) is 0. The Kier molecular flexibility index (Phi) is 10.7. The molecule has 0 bridgehead atoms. The van der Waals surface area contributed by atoms with Crippen LogP contribution >= 0.6 is 0 Å². The number of rotatable bonds is 7. The Labute approximate surface area is 495 Å². The first-order valence-corrected chi connectivity index (χ1v) is 29.6. The van der Waals surface area contributed by atoms with Crippen molar-refractivity contribution in [2.75, 3.05) is 0 Å². The van der Waals surface area contributed by atoms with E-state index in [2.05, 4.69) is 291 Å². The Morgan fingerprint density at radius 1 is 0.163 bits per heavy atom. The lowest BCUT2D eigenvalue weighted by Crippen LogP contribution is -1.91. The van der Waals surface area contributed by atoms with Gasteiger partial charge in [0, 0.05) is 27.1 Å². The van der Waals surface area contributed by atoms with E-state index in [4.69, 9.17) is 8.83 Å². The summed E-state index contributed by atoms with van der Waals surface area (Å²) in [6.45, 7) is 0. The lowest BCUT2D eigenvalue weighted by Gasteiger charge is -2.18. The largest absolute Gasteiger partial charge is 0.456 e. The first kappa shape index (κ1) is 48.2. The molecule has 0 saturated carbocycles. The number of hydrogen-bond acceptors (Lipinski definition) is 2. The number of para-hydroxylation sites is 2. The summed E-state index contributed by atoms with van der Waals surface area (Å²) < 4.78 is 13.0. The van der Waals surface area contributed by atoms with E-state index in [1.165, 1.54) is 115 Å². The van der Waals surface area contributed by atoms with Gasteiger partial charge in [-0.2, -0.15) is 0 Å². The van der Waals surface area contributed by atoms with Crippen LogP contribution in [0.5, 0.6) is 0 Å². The van der Waals surface area contributed by atoms with Crippen molar-refractivity contribution in [1.29, 1.82) is 0 Å². The van der Waals surface area contributed by atoms with Gasteiger partial charge in [-0.05, 0) is 192 Å². The quantitative estimate of drug-likeness (QED) is 0.149. The van der Waals surface area contributed by atoms with Crippen molar-refractivity contribution in [1.82, 2.24) is 0 Å². The molecular weight excluding hydrogens is 1040 g/mol. The van der Waals surface area contributed by atoms with E-state index in [9.17, 15) is 0 Å². The summed E-state index contributed by atoms with van der Waals surface area (Å²) in [5.41, 5.74) is 20.3. The molecule has 0 unspecified atom stereocenters. The van der Waals surface area contributed by atoms with Gasteiger partial charge in [0.25, 0.3) is 0 Å². The van der Waals surface area contributed by atoms with E-state index in [0.29, 0.717) is 0 Å². The highest BCUT2D eigenvalue weighted by atomic mass is 16.3. The molecule has 0 aliphatic heterocycles. The highest BCUT2D eigenvalue weighted by molar-refractivity contribution is 6.24. The molecule has 2 nitrogen and oxygen atoms in total.